The molecule has 1 heterocycles. The van der Waals surface area contributed by atoms with Crippen molar-refractivity contribution < 1.29 is 0 Å². The van der Waals surface area contributed by atoms with E-state index in [1.54, 1.807) is 0 Å². The molecule has 0 aromatic rings. The minimum atomic E-state index is 0.903. The van der Waals surface area contributed by atoms with Gasteiger partial charge in [0.2, 0.25) is 0 Å². The quantitative estimate of drug-likeness (QED) is 0.529. The summed E-state index contributed by atoms with van der Waals surface area (Å²) in [5.74, 6) is 0. The first-order chi connectivity index (χ1) is 4.84. The van der Waals surface area contributed by atoms with Crippen molar-refractivity contribution in [1.82, 2.24) is 10.2 Å². The molecule has 0 amide bonds. The van der Waals surface area contributed by atoms with Crippen LogP contribution in [-0.2, 0) is 0 Å². The average Bonchev–Trinajstić information content (AvgIpc) is 2.05. The third kappa shape index (κ3) is 1.84. The van der Waals surface area contributed by atoms with Crippen LogP contribution in [0.1, 0.15) is 19.3 Å². The molecule has 0 atom stereocenters. The van der Waals surface area contributed by atoms with E-state index in [2.05, 4.69) is 10.2 Å². The van der Waals surface area contributed by atoms with Crippen molar-refractivity contribution in [3.63, 3.8) is 0 Å². The van der Waals surface area contributed by atoms with Crippen molar-refractivity contribution in [2.45, 2.75) is 19.3 Å². The van der Waals surface area contributed by atoms with Crippen LogP contribution in [0.3, 0.4) is 0 Å². The zero-order valence-corrected chi connectivity index (χ0v) is 7.21. The lowest BCUT2D eigenvalue weighted by Gasteiger charge is -2.28. The zero-order valence-electron chi connectivity index (χ0n) is 6.39. The second-order valence-electron chi connectivity index (χ2n) is 2.60. The number of hydrogen-bond acceptors (Lipinski definition) is 1. The first-order valence-corrected chi connectivity index (χ1v) is 4.22. The molecule has 0 aromatic carbocycles. The number of rotatable bonds is 0. The van der Waals surface area contributed by atoms with Gasteiger partial charge >= 0.3 is 0 Å². The first kappa shape index (κ1) is 7.79. The molecule has 0 unspecified atom stereocenters. The van der Waals surface area contributed by atoms with E-state index in [-0.39, 0.29) is 0 Å². The van der Waals surface area contributed by atoms with Crippen molar-refractivity contribution in [2.24, 2.45) is 0 Å². The molecule has 1 saturated heterocycles. The Morgan fingerprint density at radius 1 is 1.30 bits per heavy atom. The molecule has 2 nitrogen and oxygen atoms in total. The fourth-order valence-electron chi connectivity index (χ4n) is 1.26. The minimum Gasteiger partial charge on any atom is -0.366 e. The van der Waals surface area contributed by atoms with Crippen LogP contribution in [0.2, 0.25) is 0 Å². The maximum absolute atomic E-state index is 5.09. The predicted octanol–water partition coefficient (Wildman–Crippen LogP) is 0.977. The Morgan fingerprint density at radius 2 is 1.90 bits per heavy atom. The van der Waals surface area contributed by atoms with E-state index >= 15 is 0 Å². The van der Waals surface area contributed by atoms with Crippen LogP contribution >= 0.6 is 12.2 Å². The van der Waals surface area contributed by atoms with Gasteiger partial charge in [0.1, 0.15) is 0 Å². The lowest BCUT2D eigenvalue weighted by molar-refractivity contribution is 0.340. The lowest BCUT2D eigenvalue weighted by Crippen LogP contribution is -2.40. The SMILES string of the molecule is CNC(=S)N1CCCCC1. The molecule has 1 rings (SSSR count). The highest BCUT2D eigenvalue weighted by molar-refractivity contribution is 7.80. The molecule has 10 heavy (non-hydrogen) atoms. The number of hydrogen-bond donors (Lipinski definition) is 1. The summed E-state index contributed by atoms with van der Waals surface area (Å²) in [5.41, 5.74) is 0. The van der Waals surface area contributed by atoms with Gasteiger partial charge in [-0.05, 0) is 31.5 Å². The maximum atomic E-state index is 5.09. The zero-order chi connectivity index (χ0) is 7.40. The van der Waals surface area contributed by atoms with Gasteiger partial charge in [-0.25, -0.2) is 0 Å². The van der Waals surface area contributed by atoms with Gasteiger partial charge in [0, 0.05) is 20.1 Å². The van der Waals surface area contributed by atoms with Gasteiger partial charge in [0.05, 0.1) is 0 Å². The normalized spacial score (nSPS) is 18.7. The number of likely N-dealkylation sites (tertiary alicyclic amines) is 1. The second kappa shape index (κ2) is 3.76. The summed E-state index contributed by atoms with van der Waals surface area (Å²) in [5, 5.41) is 3.89. The Balaban J connectivity index is 2.31. The highest BCUT2D eigenvalue weighted by atomic mass is 32.1. The van der Waals surface area contributed by atoms with Crippen molar-refractivity contribution in [2.75, 3.05) is 20.1 Å². The summed E-state index contributed by atoms with van der Waals surface area (Å²) < 4.78 is 0. The van der Waals surface area contributed by atoms with Gasteiger partial charge < -0.3 is 10.2 Å². The monoisotopic (exact) mass is 158 g/mol. The third-order valence-corrected chi connectivity index (χ3v) is 2.32. The number of thiocarbonyl (C=S) groups is 1. The summed E-state index contributed by atoms with van der Waals surface area (Å²) in [4.78, 5) is 2.23. The van der Waals surface area contributed by atoms with E-state index in [9.17, 15) is 0 Å². The van der Waals surface area contributed by atoms with Crippen LogP contribution in [0.5, 0.6) is 0 Å². The van der Waals surface area contributed by atoms with Crippen LogP contribution in [0.25, 0.3) is 0 Å². The minimum absolute atomic E-state index is 0.903. The van der Waals surface area contributed by atoms with Gasteiger partial charge in [-0.2, -0.15) is 0 Å². The summed E-state index contributed by atoms with van der Waals surface area (Å²) >= 11 is 5.09. The Labute approximate surface area is 67.6 Å². The van der Waals surface area contributed by atoms with Gasteiger partial charge in [-0.3, -0.25) is 0 Å². The fraction of sp³-hybridized carbons (Fsp3) is 0.857. The van der Waals surface area contributed by atoms with E-state index in [1.807, 2.05) is 7.05 Å². The predicted molar refractivity (Wildman–Crippen MR) is 47.1 cm³/mol. The molecule has 1 N–H and O–H groups in total. The highest BCUT2D eigenvalue weighted by Gasteiger charge is 2.10. The molecule has 0 spiro atoms. The number of nitrogens with one attached hydrogen (secondary N) is 1. The van der Waals surface area contributed by atoms with E-state index in [4.69, 9.17) is 12.2 Å². The van der Waals surface area contributed by atoms with E-state index < -0.39 is 0 Å². The number of piperidine rings is 1. The molecule has 58 valence electrons. The Bertz CT molecular complexity index is 119. The van der Waals surface area contributed by atoms with Crippen LogP contribution in [0, 0.1) is 0 Å². The molecular formula is C7H14N2S. The molecule has 0 bridgehead atoms. The summed E-state index contributed by atoms with van der Waals surface area (Å²) in [6.07, 6.45) is 3.95. The fourth-order valence-corrected chi connectivity index (χ4v) is 1.44. The molecule has 1 fully saturated rings. The first-order valence-electron chi connectivity index (χ1n) is 3.81. The average molecular weight is 158 g/mol. The summed E-state index contributed by atoms with van der Waals surface area (Å²) in [7, 11) is 1.89. The smallest absolute Gasteiger partial charge is 0.168 e. The van der Waals surface area contributed by atoms with E-state index in [0.29, 0.717) is 0 Å². The van der Waals surface area contributed by atoms with Crippen LogP contribution in [0.15, 0.2) is 0 Å². The standard InChI is InChI=1S/C7H14N2S/c1-8-7(10)9-5-3-2-4-6-9/h2-6H2,1H3,(H,8,10). The van der Waals surface area contributed by atoms with Gasteiger partial charge in [0.25, 0.3) is 0 Å². The topological polar surface area (TPSA) is 15.3 Å². The molecule has 0 radical (unpaired) electrons. The number of nitrogens with zero attached hydrogens (tertiary/aromatic N) is 1. The summed E-state index contributed by atoms with van der Waals surface area (Å²) in [6, 6.07) is 0. The third-order valence-electron chi connectivity index (χ3n) is 1.86. The molecule has 1 aliphatic rings. The Hall–Kier alpha value is -0.310. The molecule has 0 aliphatic carbocycles. The molecular weight excluding hydrogens is 144 g/mol. The van der Waals surface area contributed by atoms with Crippen LogP contribution in [0.4, 0.5) is 0 Å². The maximum Gasteiger partial charge on any atom is 0.168 e. The lowest BCUT2D eigenvalue weighted by atomic mass is 10.1. The molecule has 3 heteroatoms. The van der Waals surface area contributed by atoms with Crippen molar-refractivity contribution >= 4 is 17.3 Å². The van der Waals surface area contributed by atoms with Gasteiger partial charge in [-0.1, -0.05) is 0 Å². The second-order valence-corrected chi connectivity index (χ2v) is 2.99. The Morgan fingerprint density at radius 3 is 2.40 bits per heavy atom. The van der Waals surface area contributed by atoms with Gasteiger partial charge in [-0.15, -0.1) is 0 Å². The van der Waals surface area contributed by atoms with Crippen LogP contribution < -0.4 is 5.32 Å². The van der Waals surface area contributed by atoms with Crippen molar-refractivity contribution in [1.29, 1.82) is 0 Å². The van der Waals surface area contributed by atoms with Gasteiger partial charge in [0.15, 0.2) is 5.11 Å². The van der Waals surface area contributed by atoms with Crippen molar-refractivity contribution in [3.8, 4) is 0 Å². The highest BCUT2D eigenvalue weighted by Crippen LogP contribution is 2.07. The largest absolute Gasteiger partial charge is 0.366 e. The molecule has 0 aromatic heterocycles. The molecule has 0 saturated carbocycles. The summed E-state index contributed by atoms with van der Waals surface area (Å²) in [6.45, 7) is 2.28. The van der Waals surface area contributed by atoms with Crippen LogP contribution in [-0.4, -0.2) is 30.1 Å². The van der Waals surface area contributed by atoms with E-state index in [0.717, 1.165) is 18.2 Å². The van der Waals surface area contributed by atoms with E-state index in [1.165, 1.54) is 19.3 Å². The van der Waals surface area contributed by atoms with Crippen molar-refractivity contribution in [3.05, 3.63) is 0 Å². The molecule has 1 aliphatic heterocycles. The Kier molecular flexibility index (Phi) is 2.93.